The number of carbonyl (C=O) groups is 1. The molecule has 0 aromatic heterocycles. The van der Waals surface area contributed by atoms with Crippen LogP contribution in [0.15, 0.2) is 42.5 Å². The summed E-state index contributed by atoms with van der Waals surface area (Å²) in [6.45, 7) is 8.68. The summed E-state index contributed by atoms with van der Waals surface area (Å²) in [7, 11) is 0. The molecule has 0 aliphatic heterocycles. The fraction of sp³-hybridized carbons (Fsp3) is 0.409. The van der Waals surface area contributed by atoms with E-state index in [9.17, 15) is 9.90 Å². The van der Waals surface area contributed by atoms with Gasteiger partial charge in [-0.2, -0.15) is 0 Å². The van der Waals surface area contributed by atoms with Crippen LogP contribution in [0.3, 0.4) is 0 Å². The van der Waals surface area contributed by atoms with E-state index in [1.807, 2.05) is 0 Å². The Kier molecular flexibility index (Phi) is 4.59. The molecule has 0 heterocycles. The maximum atomic E-state index is 11.2. The summed E-state index contributed by atoms with van der Waals surface area (Å²) in [5, 5.41) is 12.0. The van der Waals surface area contributed by atoms with Gasteiger partial charge in [-0.3, -0.25) is 0 Å². The van der Waals surface area contributed by atoms with Crippen LogP contribution in [0.4, 0.5) is 4.79 Å². The van der Waals surface area contributed by atoms with E-state index in [0.717, 1.165) is 18.4 Å². The maximum absolute atomic E-state index is 11.2. The topological polar surface area (TPSA) is 49.3 Å². The van der Waals surface area contributed by atoms with Gasteiger partial charge in [-0.1, -0.05) is 70.2 Å². The summed E-state index contributed by atoms with van der Waals surface area (Å²) in [6.07, 6.45) is 0.998. The lowest BCUT2D eigenvalue weighted by molar-refractivity contribution is 0.161. The van der Waals surface area contributed by atoms with Crippen LogP contribution >= 0.6 is 0 Å². The van der Waals surface area contributed by atoms with Crippen molar-refractivity contribution in [1.82, 2.24) is 5.32 Å². The number of aryl methyl sites for hydroxylation is 1. The smallest absolute Gasteiger partial charge is 0.405 e. The fourth-order valence-corrected chi connectivity index (χ4v) is 3.78. The molecule has 1 aliphatic rings. The van der Waals surface area contributed by atoms with Crippen LogP contribution in [-0.4, -0.2) is 11.2 Å². The molecule has 132 valence electrons. The van der Waals surface area contributed by atoms with Crippen molar-refractivity contribution in [3.8, 4) is 11.1 Å². The second-order valence-electron chi connectivity index (χ2n) is 8.06. The van der Waals surface area contributed by atoms with Crippen LogP contribution in [0.2, 0.25) is 0 Å². The number of amides is 1. The minimum atomic E-state index is -0.959. The number of hydrogen-bond donors (Lipinski definition) is 2. The molecule has 3 rings (SSSR count). The third kappa shape index (κ3) is 3.55. The van der Waals surface area contributed by atoms with Gasteiger partial charge in [0.25, 0.3) is 0 Å². The molecule has 25 heavy (non-hydrogen) atoms. The largest absolute Gasteiger partial charge is 0.465 e. The third-order valence-corrected chi connectivity index (χ3v) is 5.43. The zero-order valence-corrected chi connectivity index (χ0v) is 15.5. The SMILES string of the molecule is CC(C)c1cccc(-c2ccc3c(c2)CCC(C)(C)[C@H]3NC(=O)O)c1. The van der Waals surface area contributed by atoms with Gasteiger partial charge in [0, 0.05) is 0 Å². The molecule has 0 saturated heterocycles. The molecule has 2 aromatic rings. The van der Waals surface area contributed by atoms with Crippen LogP contribution in [0, 0.1) is 5.41 Å². The molecule has 2 N–H and O–H groups in total. The minimum Gasteiger partial charge on any atom is -0.465 e. The van der Waals surface area contributed by atoms with Crippen molar-refractivity contribution >= 4 is 6.09 Å². The van der Waals surface area contributed by atoms with E-state index >= 15 is 0 Å². The Hall–Kier alpha value is -2.29. The molecule has 0 unspecified atom stereocenters. The van der Waals surface area contributed by atoms with Gasteiger partial charge in [-0.25, -0.2) is 4.79 Å². The maximum Gasteiger partial charge on any atom is 0.405 e. The van der Waals surface area contributed by atoms with Crippen LogP contribution in [-0.2, 0) is 6.42 Å². The van der Waals surface area contributed by atoms with Crippen LogP contribution in [0.5, 0.6) is 0 Å². The number of carboxylic acid groups (broad SMARTS) is 1. The fourth-order valence-electron chi connectivity index (χ4n) is 3.78. The minimum absolute atomic E-state index is 0.0789. The van der Waals surface area contributed by atoms with Gasteiger partial charge in [-0.15, -0.1) is 0 Å². The Morgan fingerprint density at radius 2 is 1.88 bits per heavy atom. The lowest BCUT2D eigenvalue weighted by atomic mass is 9.70. The van der Waals surface area contributed by atoms with Gasteiger partial charge >= 0.3 is 6.09 Å². The van der Waals surface area contributed by atoms with Crippen molar-refractivity contribution in [2.75, 3.05) is 0 Å². The Bertz CT molecular complexity index is 792. The zero-order chi connectivity index (χ0) is 18.2. The molecular weight excluding hydrogens is 310 g/mol. The lowest BCUT2D eigenvalue weighted by Gasteiger charge is -2.40. The van der Waals surface area contributed by atoms with Gasteiger partial charge in [-0.05, 0) is 52.0 Å². The van der Waals surface area contributed by atoms with Crippen molar-refractivity contribution < 1.29 is 9.90 Å². The summed E-state index contributed by atoms with van der Waals surface area (Å²) in [5.74, 6) is 0.502. The lowest BCUT2D eigenvalue weighted by Crippen LogP contribution is -2.40. The molecule has 0 spiro atoms. The summed E-state index contributed by atoms with van der Waals surface area (Å²) in [4.78, 5) is 11.2. The molecule has 1 atom stereocenters. The first-order chi connectivity index (χ1) is 11.8. The standard InChI is InChI=1S/C22H27NO2/c1-14(2)15-6-5-7-16(12-15)17-8-9-19-18(13-17)10-11-22(3,4)20(19)23-21(24)25/h5-9,12-14,20,23H,10-11H2,1-4H3,(H,24,25)/t20-/m0/s1. The molecule has 1 amide bonds. The van der Waals surface area contributed by atoms with Gasteiger partial charge in [0.2, 0.25) is 0 Å². The second kappa shape index (κ2) is 6.55. The first-order valence-corrected chi connectivity index (χ1v) is 9.00. The molecule has 3 nitrogen and oxygen atoms in total. The molecule has 2 aromatic carbocycles. The van der Waals surface area contributed by atoms with E-state index in [-0.39, 0.29) is 11.5 Å². The first kappa shape index (κ1) is 17.5. The van der Waals surface area contributed by atoms with Crippen LogP contribution in [0.1, 0.15) is 62.8 Å². The third-order valence-electron chi connectivity index (χ3n) is 5.43. The quantitative estimate of drug-likeness (QED) is 0.748. The predicted octanol–water partition coefficient (Wildman–Crippen LogP) is 5.76. The molecule has 0 bridgehead atoms. The highest BCUT2D eigenvalue weighted by molar-refractivity contribution is 5.68. The van der Waals surface area contributed by atoms with Crippen molar-refractivity contribution in [2.45, 2.75) is 52.5 Å². The molecule has 0 radical (unpaired) electrons. The molecule has 3 heteroatoms. The van der Waals surface area contributed by atoms with Gasteiger partial charge < -0.3 is 10.4 Å². The summed E-state index contributed by atoms with van der Waals surface area (Å²) in [6, 6.07) is 15.0. The van der Waals surface area contributed by atoms with Crippen LogP contribution < -0.4 is 5.32 Å². The van der Waals surface area contributed by atoms with Crippen molar-refractivity contribution in [3.63, 3.8) is 0 Å². The van der Waals surface area contributed by atoms with E-state index in [0.29, 0.717) is 5.92 Å². The Morgan fingerprint density at radius 3 is 2.56 bits per heavy atom. The number of fused-ring (bicyclic) bond motifs is 1. The molecular formula is C22H27NO2. The summed E-state index contributed by atoms with van der Waals surface area (Å²) in [5.41, 5.74) is 6.05. The monoisotopic (exact) mass is 337 g/mol. The van der Waals surface area contributed by atoms with E-state index in [4.69, 9.17) is 0 Å². The van der Waals surface area contributed by atoms with E-state index < -0.39 is 6.09 Å². The van der Waals surface area contributed by atoms with Gasteiger partial charge in [0.05, 0.1) is 6.04 Å². The van der Waals surface area contributed by atoms with E-state index in [1.54, 1.807) is 0 Å². The number of rotatable bonds is 3. The second-order valence-corrected chi connectivity index (χ2v) is 8.06. The van der Waals surface area contributed by atoms with E-state index in [1.165, 1.54) is 22.3 Å². The predicted molar refractivity (Wildman–Crippen MR) is 102 cm³/mol. The van der Waals surface area contributed by atoms with Crippen molar-refractivity contribution in [2.24, 2.45) is 5.41 Å². The molecule has 1 aliphatic carbocycles. The van der Waals surface area contributed by atoms with Crippen molar-refractivity contribution in [3.05, 3.63) is 59.2 Å². The summed E-state index contributed by atoms with van der Waals surface area (Å²) < 4.78 is 0. The Labute approximate surface area is 150 Å². The number of benzene rings is 2. The zero-order valence-electron chi connectivity index (χ0n) is 15.5. The average molecular weight is 337 g/mol. The van der Waals surface area contributed by atoms with Gasteiger partial charge in [0.15, 0.2) is 0 Å². The highest BCUT2D eigenvalue weighted by Gasteiger charge is 2.37. The highest BCUT2D eigenvalue weighted by atomic mass is 16.4. The molecule has 0 fully saturated rings. The first-order valence-electron chi connectivity index (χ1n) is 9.00. The Morgan fingerprint density at radius 1 is 1.16 bits per heavy atom. The average Bonchev–Trinajstić information content (AvgIpc) is 2.57. The van der Waals surface area contributed by atoms with E-state index in [2.05, 4.69) is 75.5 Å². The summed E-state index contributed by atoms with van der Waals surface area (Å²) >= 11 is 0. The van der Waals surface area contributed by atoms with Crippen LogP contribution in [0.25, 0.3) is 11.1 Å². The van der Waals surface area contributed by atoms with Crippen molar-refractivity contribution in [1.29, 1.82) is 0 Å². The normalized spacial score (nSPS) is 18.7. The highest BCUT2D eigenvalue weighted by Crippen LogP contribution is 2.44. The Balaban J connectivity index is 2.00. The van der Waals surface area contributed by atoms with Gasteiger partial charge in [0.1, 0.15) is 0 Å². The number of nitrogens with one attached hydrogen (secondary N) is 1. The molecule has 0 saturated carbocycles. The number of hydrogen-bond acceptors (Lipinski definition) is 1.